The molecule has 15 heavy (non-hydrogen) atoms. The molecule has 0 saturated heterocycles. The topological polar surface area (TPSA) is 12.0 Å². The molecule has 0 bridgehead atoms. The lowest BCUT2D eigenvalue weighted by Crippen LogP contribution is -2.15. The van der Waals surface area contributed by atoms with E-state index in [-0.39, 0.29) is 10.2 Å². The van der Waals surface area contributed by atoms with Crippen molar-refractivity contribution in [3.8, 4) is 0 Å². The van der Waals surface area contributed by atoms with Crippen molar-refractivity contribution in [2.24, 2.45) is 0 Å². The minimum atomic E-state index is -0.433. The molecule has 1 nitrogen and oxygen atoms in total. The fourth-order valence-electron chi connectivity index (χ4n) is 1.92. The minimum absolute atomic E-state index is 0.164. The Morgan fingerprint density at radius 1 is 1.13 bits per heavy atom. The van der Waals surface area contributed by atoms with Crippen molar-refractivity contribution in [3.05, 3.63) is 28.2 Å². The van der Waals surface area contributed by atoms with Crippen molar-refractivity contribution >= 4 is 21.6 Å². The summed E-state index contributed by atoms with van der Waals surface area (Å²) in [6, 6.07) is 2.66. The normalized spacial score (nSPS) is 17.0. The standard InChI is InChI=1S/C11H12BrF2N/c12-8-5-10(14)11(6-9(8)13)15-7-3-1-2-4-7/h5-7,15H,1-4H2. The number of halogens is 3. The van der Waals surface area contributed by atoms with Crippen LogP contribution in [0.1, 0.15) is 25.7 Å². The van der Waals surface area contributed by atoms with Crippen LogP contribution in [-0.4, -0.2) is 6.04 Å². The Balaban J connectivity index is 2.16. The van der Waals surface area contributed by atoms with Gasteiger partial charge in [0.1, 0.15) is 11.6 Å². The Morgan fingerprint density at radius 2 is 1.80 bits per heavy atom. The SMILES string of the molecule is Fc1cc(NC2CCCC2)c(F)cc1Br. The number of benzene rings is 1. The van der Waals surface area contributed by atoms with Crippen molar-refractivity contribution < 1.29 is 8.78 Å². The first-order valence-electron chi connectivity index (χ1n) is 5.08. The third-order valence-corrected chi connectivity index (χ3v) is 3.33. The number of nitrogens with one attached hydrogen (secondary N) is 1. The van der Waals surface area contributed by atoms with Crippen LogP contribution < -0.4 is 5.32 Å². The van der Waals surface area contributed by atoms with Crippen LogP contribution in [0.4, 0.5) is 14.5 Å². The van der Waals surface area contributed by atoms with E-state index in [9.17, 15) is 8.78 Å². The summed E-state index contributed by atoms with van der Waals surface area (Å²) in [5.74, 6) is -0.841. The van der Waals surface area contributed by atoms with Crippen molar-refractivity contribution in [2.75, 3.05) is 5.32 Å². The Kier molecular flexibility index (Phi) is 3.24. The molecule has 2 rings (SSSR count). The highest BCUT2D eigenvalue weighted by Gasteiger charge is 2.17. The highest BCUT2D eigenvalue weighted by atomic mass is 79.9. The molecule has 82 valence electrons. The lowest BCUT2D eigenvalue weighted by molar-refractivity contribution is 0.593. The molecule has 0 radical (unpaired) electrons. The van der Waals surface area contributed by atoms with Crippen LogP contribution in [0.25, 0.3) is 0 Å². The number of hydrogen-bond acceptors (Lipinski definition) is 1. The van der Waals surface area contributed by atoms with E-state index in [4.69, 9.17) is 0 Å². The third kappa shape index (κ3) is 2.48. The fourth-order valence-corrected chi connectivity index (χ4v) is 2.24. The highest BCUT2D eigenvalue weighted by molar-refractivity contribution is 9.10. The van der Waals surface area contributed by atoms with E-state index in [1.807, 2.05) is 0 Å². The summed E-state index contributed by atoms with van der Waals surface area (Å²) < 4.78 is 26.8. The highest BCUT2D eigenvalue weighted by Crippen LogP contribution is 2.27. The lowest BCUT2D eigenvalue weighted by atomic mass is 10.2. The largest absolute Gasteiger partial charge is 0.380 e. The van der Waals surface area contributed by atoms with Crippen LogP contribution >= 0.6 is 15.9 Å². The van der Waals surface area contributed by atoms with Crippen molar-refractivity contribution in [1.29, 1.82) is 0 Å². The Hall–Kier alpha value is -0.640. The Morgan fingerprint density at radius 3 is 2.47 bits per heavy atom. The molecule has 0 unspecified atom stereocenters. The van der Waals surface area contributed by atoms with E-state index in [0.29, 0.717) is 6.04 Å². The molecular formula is C11H12BrF2N. The molecule has 1 saturated carbocycles. The van der Waals surface area contributed by atoms with Crippen molar-refractivity contribution in [2.45, 2.75) is 31.7 Å². The number of anilines is 1. The second-order valence-electron chi connectivity index (χ2n) is 3.87. The van der Waals surface area contributed by atoms with Gasteiger partial charge in [-0.25, -0.2) is 8.78 Å². The molecule has 1 N–H and O–H groups in total. The molecule has 1 aromatic rings. The molecule has 1 aliphatic rings. The molecule has 1 aliphatic carbocycles. The Bertz CT molecular complexity index is 362. The van der Waals surface area contributed by atoms with Gasteiger partial charge < -0.3 is 5.32 Å². The molecule has 0 amide bonds. The summed E-state index contributed by atoms with van der Waals surface area (Å²) in [6.45, 7) is 0. The van der Waals surface area contributed by atoms with Gasteiger partial charge in [-0.2, -0.15) is 0 Å². The zero-order valence-corrected chi connectivity index (χ0v) is 9.78. The summed E-state index contributed by atoms with van der Waals surface area (Å²) in [5.41, 5.74) is 0.266. The molecule has 0 heterocycles. The maximum absolute atomic E-state index is 13.4. The second-order valence-corrected chi connectivity index (χ2v) is 4.73. The predicted molar refractivity (Wildman–Crippen MR) is 59.9 cm³/mol. The summed E-state index contributed by atoms with van der Waals surface area (Å²) in [5, 5.41) is 3.04. The maximum Gasteiger partial charge on any atom is 0.147 e. The number of hydrogen-bond donors (Lipinski definition) is 1. The second kappa shape index (κ2) is 4.47. The molecule has 0 atom stereocenters. The van der Waals surface area contributed by atoms with Crippen LogP contribution in [0, 0.1) is 11.6 Å². The Labute approximate surface area is 96.0 Å². The maximum atomic E-state index is 13.4. The quantitative estimate of drug-likeness (QED) is 0.802. The zero-order valence-electron chi connectivity index (χ0n) is 8.19. The third-order valence-electron chi connectivity index (χ3n) is 2.72. The van der Waals surface area contributed by atoms with E-state index >= 15 is 0 Å². The zero-order chi connectivity index (χ0) is 10.8. The average molecular weight is 276 g/mol. The predicted octanol–water partition coefficient (Wildman–Crippen LogP) is 4.08. The van der Waals surface area contributed by atoms with Gasteiger partial charge in [-0.15, -0.1) is 0 Å². The molecule has 0 aromatic heterocycles. The summed E-state index contributed by atoms with van der Waals surface area (Å²) in [6.07, 6.45) is 4.41. The van der Waals surface area contributed by atoms with Gasteiger partial charge in [-0.3, -0.25) is 0 Å². The fraction of sp³-hybridized carbons (Fsp3) is 0.455. The van der Waals surface area contributed by atoms with Crippen LogP contribution in [0.15, 0.2) is 16.6 Å². The summed E-state index contributed by atoms with van der Waals surface area (Å²) in [7, 11) is 0. The van der Waals surface area contributed by atoms with Gasteiger partial charge in [0.2, 0.25) is 0 Å². The van der Waals surface area contributed by atoms with Crippen LogP contribution in [0.3, 0.4) is 0 Å². The molecular weight excluding hydrogens is 264 g/mol. The van der Waals surface area contributed by atoms with Crippen molar-refractivity contribution in [3.63, 3.8) is 0 Å². The van der Waals surface area contributed by atoms with Crippen LogP contribution in [0.5, 0.6) is 0 Å². The molecule has 0 aliphatic heterocycles. The summed E-state index contributed by atoms with van der Waals surface area (Å²) >= 11 is 2.95. The van der Waals surface area contributed by atoms with E-state index < -0.39 is 11.6 Å². The van der Waals surface area contributed by atoms with E-state index in [0.717, 1.165) is 31.7 Å². The average Bonchev–Trinajstić information content (AvgIpc) is 2.67. The minimum Gasteiger partial charge on any atom is -0.380 e. The van der Waals surface area contributed by atoms with E-state index in [2.05, 4.69) is 21.2 Å². The van der Waals surface area contributed by atoms with Crippen LogP contribution in [-0.2, 0) is 0 Å². The molecule has 4 heteroatoms. The van der Waals surface area contributed by atoms with E-state index in [1.165, 1.54) is 6.07 Å². The van der Waals surface area contributed by atoms with Crippen molar-refractivity contribution in [1.82, 2.24) is 0 Å². The van der Waals surface area contributed by atoms with Gasteiger partial charge in [-0.1, -0.05) is 12.8 Å². The van der Waals surface area contributed by atoms with Gasteiger partial charge in [0, 0.05) is 12.1 Å². The lowest BCUT2D eigenvalue weighted by Gasteiger charge is -2.14. The first-order chi connectivity index (χ1) is 7.16. The van der Waals surface area contributed by atoms with Gasteiger partial charge >= 0.3 is 0 Å². The first-order valence-corrected chi connectivity index (χ1v) is 5.87. The monoisotopic (exact) mass is 275 g/mol. The molecule has 1 fully saturated rings. The molecule has 1 aromatic carbocycles. The van der Waals surface area contributed by atoms with Gasteiger partial charge in [0.05, 0.1) is 10.2 Å². The van der Waals surface area contributed by atoms with Gasteiger partial charge in [0.25, 0.3) is 0 Å². The smallest absolute Gasteiger partial charge is 0.147 e. The molecule has 0 spiro atoms. The van der Waals surface area contributed by atoms with Gasteiger partial charge in [-0.05, 0) is 34.8 Å². The first kappa shape index (κ1) is 10.9. The summed E-state index contributed by atoms with van der Waals surface area (Å²) in [4.78, 5) is 0. The van der Waals surface area contributed by atoms with Crippen LogP contribution in [0.2, 0.25) is 0 Å². The van der Waals surface area contributed by atoms with Gasteiger partial charge in [0.15, 0.2) is 0 Å². The number of rotatable bonds is 2. The van der Waals surface area contributed by atoms with E-state index in [1.54, 1.807) is 0 Å².